The first-order valence-corrected chi connectivity index (χ1v) is 14.6. The molecule has 6 nitrogen and oxygen atoms in total. The van der Waals surface area contributed by atoms with Crippen molar-refractivity contribution in [2.45, 2.75) is 5.92 Å². The van der Waals surface area contributed by atoms with Gasteiger partial charge in [-0.3, -0.25) is 0 Å². The summed E-state index contributed by atoms with van der Waals surface area (Å²) in [5.41, 5.74) is 0.274. The minimum absolute atomic E-state index is 0.325. The van der Waals surface area contributed by atoms with Gasteiger partial charge in [0.2, 0.25) is 0 Å². The van der Waals surface area contributed by atoms with Gasteiger partial charge in [0.15, 0.2) is 0 Å². The largest absolute Gasteiger partial charge is 0.367 e. The molecular formula is C29H21Br2ClN6S. The maximum absolute atomic E-state index is 11.1. The second-order valence-corrected chi connectivity index (χ2v) is 12.6. The summed E-state index contributed by atoms with van der Waals surface area (Å²) < 4.78 is 1.94. The lowest BCUT2D eigenvalue weighted by Crippen LogP contribution is -2.73. The van der Waals surface area contributed by atoms with E-state index in [1.54, 1.807) is 0 Å². The first-order valence-electron chi connectivity index (χ1n) is 12.3. The van der Waals surface area contributed by atoms with Crippen LogP contribution in [0.1, 0.15) is 11.5 Å². The molecule has 0 saturated carbocycles. The normalized spacial score (nSPS) is 25.9. The molecule has 194 valence electrons. The number of rotatable bonds is 3. The molecule has 0 N–H and O–H groups in total. The van der Waals surface area contributed by atoms with Crippen molar-refractivity contribution in [2.75, 3.05) is 36.2 Å². The van der Waals surface area contributed by atoms with Crippen LogP contribution in [0.4, 0.5) is 11.4 Å². The van der Waals surface area contributed by atoms with E-state index in [2.05, 4.69) is 53.8 Å². The smallest absolute Gasteiger partial charge is 0.141 e. The van der Waals surface area contributed by atoms with Gasteiger partial charge in [0.25, 0.3) is 0 Å². The van der Waals surface area contributed by atoms with Crippen molar-refractivity contribution in [1.82, 2.24) is 4.90 Å². The molecule has 0 amide bonds. The molecule has 2 saturated heterocycles. The van der Waals surface area contributed by atoms with Crippen LogP contribution < -0.4 is 9.80 Å². The van der Waals surface area contributed by atoms with Gasteiger partial charge in [-0.2, -0.15) is 10.5 Å². The summed E-state index contributed by atoms with van der Waals surface area (Å²) in [6.45, 7) is 1.44. The van der Waals surface area contributed by atoms with Crippen molar-refractivity contribution in [1.29, 1.82) is 10.5 Å². The Morgan fingerprint density at radius 3 is 2.00 bits per heavy atom. The van der Waals surface area contributed by atoms with Gasteiger partial charge in [-0.1, -0.05) is 73.9 Å². The molecule has 2 fully saturated rings. The van der Waals surface area contributed by atoms with Crippen molar-refractivity contribution in [3.63, 3.8) is 0 Å². The molecule has 3 heterocycles. The van der Waals surface area contributed by atoms with Crippen LogP contribution in [-0.4, -0.2) is 42.2 Å². The third kappa shape index (κ3) is 4.06. The zero-order valence-corrected chi connectivity index (χ0v) is 25.3. The molecule has 3 aliphatic rings. The van der Waals surface area contributed by atoms with Gasteiger partial charge >= 0.3 is 0 Å². The quantitative estimate of drug-likeness (QED) is 0.279. The highest BCUT2D eigenvalue weighted by atomic mass is 79.9. The van der Waals surface area contributed by atoms with E-state index in [4.69, 9.17) is 28.8 Å². The molecule has 3 atom stereocenters. The Morgan fingerprint density at radius 1 is 0.846 bits per heavy atom. The number of fused-ring (bicyclic) bond motifs is 4. The van der Waals surface area contributed by atoms with Gasteiger partial charge in [-0.05, 0) is 60.2 Å². The topological polar surface area (TPSA) is 69.7 Å². The lowest BCUT2D eigenvalue weighted by Gasteiger charge is -2.61. The maximum atomic E-state index is 11.1. The number of hydrogen-bond acceptors (Lipinski definition) is 6. The van der Waals surface area contributed by atoms with Gasteiger partial charge in [0.05, 0.1) is 18.8 Å². The number of hydrogen-bond donors (Lipinski definition) is 0. The summed E-state index contributed by atoms with van der Waals surface area (Å²) in [6.07, 6.45) is 0. The molecular weight excluding hydrogens is 660 g/mol. The number of piperidine rings is 2. The van der Waals surface area contributed by atoms with Gasteiger partial charge < -0.3 is 14.7 Å². The van der Waals surface area contributed by atoms with Gasteiger partial charge in [-0.25, -0.2) is 4.99 Å². The fourth-order valence-electron chi connectivity index (χ4n) is 6.14. The van der Waals surface area contributed by atoms with Gasteiger partial charge in [0, 0.05) is 44.4 Å². The van der Waals surface area contributed by atoms with E-state index in [1.807, 2.05) is 77.7 Å². The van der Waals surface area contributed by atoms with E-state index in [0.29, 0.717) is 42.3 Å². The van der Waals surface area contributed by atoms with Crippen LogP contribution >= 0.6 is 55.7 Å². The molecule has 2 bridgehead atoms. The Kier molecular flexibility index (Phi) is 6.68. The Labute approximate surface area is 254 Å². The molecule has 6 rings (SSSR count). The molecule has 39 heavy (non-hydrogen) atoms. The highest BCUT2D eigenvalue weighted by Crippen LogP contribution is 2.59. The zero-order chi connectivity index (χ0) is 27.4. The number of nitriles is 2. The number of benzene rings is 3. The second kappa shape index (κ2) is 9.91. The van der Waals surface area contributed by atoms with Crippen molar-refractivity contribution in [2.24, 2.45) is 15.8 Å². The van der Waals surface area contributed by atoms with Crippen molar-refractivity contribution in [3.05, 3.63) is 92.3 Å². The minimum Gasteiger partial charge on any atom is -0.367 e. The molecule has 0 aliphatic carbocycles. The van der Waals surface area contributed by atoms with E-state index < -0.39 is 16.7 Å². The fraction of sp³-hybridized carbons (Fsp3) is 0.241. The Hall–Kier alpha value is -2.95. The van der Waals surface area contributed by atoms with E-state index in [0.717, 1.165) is 25.9 Å². The number of amidine groups is 1. The molecule has 0 unspecified atom stereocenters. The van der Waals surface area contributed by atoms with E-state index >= 15 is 0 Å². The molecule has 0 spiro atoms. The first kappa shape index (κ1) is 26.3. The fourth-order valence-corrected chi connectivity index (χ4v) is 7.29. The van der Waals surface area contributed by atoms with E-state index in [-0.39, 0.29) is 0 Å². The van der Waals surface area contributed by atoms with Crippen LogP contribution in [0.15, 0.2) is 86.7 Å². The molecule has 0 aromatic heterocycles. The Balaban J connectivity index is 1.55. The number of halogens is 3. The van der Waals surface area contributed by atoms with E-state index in [1.165, 1.54) is 0 Å². The summed E-state index contributed by atoms with van der Waals surface area (Å²) in [7, 11) is 0. The van der Waals surface area contributed by atoms with Crippen LogP contribution in [0.2, 0.25) is 5.02 Å². The zero-order valence-electron chi connectivity index (χ0n) is 20.6. The average molecular weight is 681 g/mol. The van der Waals surface area contributed by atoms with Crippen molar-refractivity contribution >= 4 is 77.9 Å². The first-order chi connectivity index (χ1) is 18.8. The summed E-state index contributed by atoms with van der Waals surface area (Å²) in [5, 5.41) is 22.6. The molecule has 3 aromatic carbocycles. The lowest BCUT2D eigenvalue weighted by molar-refractivity contribution is 0.206. The standard InChI is InChI=1S/C29H21Br2ClN6S/c30-19-5-9-21(10-6-19)36-15-28(13-33)25(23-3-1-2-4-24(23)32)29(14-34,16-36)27(39)38-18-37(17-35-26(28)38)22-11-7-20(31)8-12-22/h1-12,25H,15-18H2/t25-,28+,29-/m0/s1. The van der Waals surface area contributed by atoms with Crippen LogP contribution in [0.3, 0.4) is 0 Å². The van der Waals surface area contributed by atoms with Crippen LogP contribution in [0, 0.1) is 33.5 Å². The number of anilines is 2. The number of aliphatic imine (C=N–C) groups is 1. The third-order valence-corrected chi connectivity index (χ3v) is 9.84. The highest BCUT2D eigenvalue weighted by molar-refractivity contribution is 9.10. The molecule has 0 radical (unpaired) electrons. The summed E-state index contributed by atoms with van der Waals surface area (Å²) in [6, 6.07) is 28.6. The average Bonchev–Trinajstić information content (AvgIpc) is 2.96. The number of thiocarbonyl (C=S) groups is 1. The highest BCUT2D eigenvalue weighted by Gasteiger charge is 2.68. The van der Waals surface area contributed by atoms with Gasteiger partial charge in [0.1, 0.15) is 28.3 Å². The predicted octanol–water partition coefficient (Wildman–Crippen LogP) is 6.97. The third-order valence-electron chi connectivity index (χ3n) is 7.85. The summed E-state index contributed by atoms with van der Waals surface area (Å²) >= 11 is 20.0. The van der Waals surface area contributed by atoms with Crippen molar-refractivity contribution < 1.29 is 0 Å². The molecule has 3 aliphatic heterocycles. The van der Waals surface area contributed by atoms with Crippen molar-refractivity contribution in [3.8, 4) is 12.1 Å². The Bertz CT molecular complexity index is 1580. The lowest BCUT2D eigenvalue weighted by atomic mass is 9.53. The maximum Gasteiger partial charge on any atom is 0.141 e. The van der Waals surface area contributed by atoms with Crippen LogP contribution in [-0.2, 0) is 0 Å². The summed E-state index contributed by atoms with van der Waals surface area (Å²) in [5.74, 6) is 0.0168. The van der Waals surface area contributed by atoms with E-state index in [9.17, 15) is 10.5 Å². The monoisotopic (exact) mass is 678 g/mol. The molecule has 10 heteroatoms. The SMILES string of the molecule is N#C[C@]12CN(c3ccc(Br)cc3)C[C@](C#N)(C(=S)N3CN(c4ccc(Br)cc4)CN=C31)[C@H]2c1ccccc1Cl. The predicted molar refractivity (Wildman–Crippen MR) is 165 cm³/mol. The van der Waals surface area contributed by atoms with Gasteiger partial charge in [-0.15, -0.1) is 0 Å². The molecule has 3 aromatic rings. The Morgan fingerprint density at radius 2 is 1.41 bits per heavy atom. The second-order valence-electron chi connectivity index (χ2n) is 9.97. The number of nitrogens with zero attached hydrogens (tertiary/aromatic N) is 6. The minimum atomic E-state index is -1.21. The van der Waals surface area contributed by atoms with Crippen LogP contribution in [0.5, 0.6) is 0 Å². The van der Waals surface area contributed by atoms with Crippen LogP contribution in [0.25, 0.3) is 0 Å². The summed E-state index contributed by atoms with van der Waals surface area (Å²) in [4.78, 5) is 11.6.